The second-order valence-electron chi connectivity index (χ2n) is 3.56. The number of aromatic hydroxyl groups is 1. The van der Waals surface area contributed by atoms with E-state index in [4.69, 9.17) is 9.52 Å². The van der Waals surface area contributed by atoms with Crippen molar-refractivity contribution in [3.63, 3.8) is 0 Å². The highest BCUT2D eigenvalue weighted by molar-refractivity contribution is 5.43. The van der Waals surface area contributed by atoms with Crippen molar-refractivity contribution in [3.8, 4) is 5.75 Å². The Morgan fingerprint density at radius 3 is 2.76 bits per heavy atom. The lowest BCUT2D eigenvalue weighted by molar-refractivity contribution is 0.174. The number of hydrogen-bond acceptors (Lipinski definition) is 6. The van der Waals surface area contributed by atoms with Gasteiger partial charge in [-0.25, -0.2) is 4.98 Å². The van der Waals surface area contributed by atoms with Gasteiger partial charge >= 0.3 is 0 Å². The Hall–Kier alpha value is -1.92. The SMILES string of the molecule is Cc1ncc(CO)c(C(O)c2ncco2)c1O. The molecule has 0 bridgehead atoms. The van der Waals surface area contributed by atoms with Crippen LogP contribution in [0.5, 0.6) is 5.75 Å². The maximum absolute atomic E-state index is 10.0. The van der Waals surface area contributed by atoms with Crippen LogP contribution in [-0.2, 0) is 6.61 Å². The summed E-state index contributed by atoms with van der Waals surface area (Å²) in [6.07, 6.45) is 2.88. The second-order valence-corrected chi connectivity index (χ2v) is 3.56. The summed E-state index contributed by atoms with van der Waals surface area (Å²) in [5.41, 5.74) is 0.865. The number of hydrogen-bond donors (Lipinski definition) is 3. The van der Waals surface area contributed by atoms with Crippen LogP contribution in [0.2, 0.25) is 0 Å². The lowest BCUT2D eigenvalue weighted by atomic mass is 10.0. The van der Waals surface area contributed by atoms with Crippen molar-refractivity contribution < 1.29 is 19.7 Å². The summed E-state index contributed by atoms with van der Waals surface area (Å²) in [5.74, 6) is -0.108. The Labute approximate surface area is 97.2 Å². The molecule has 0 aromatic carbocycles. The first-order valence-electron chi connectivity index (χ1n) is 5.00. The van der Waals surface area contributed by atoms with Gasteiger partial charge < -0.3 is 19.7 Å². The molecule has 0 saturated carbocycles. The van der Waals surface area contributed by atoms with Gasteiger partial charge in [-0.05, 0) is 6.92 Å². The first kappa shape index (κ1) is 11.6. The number of aliphatic hydroxyl groups is 2. The lowest BCUT2D eigenvalue weighted by Crippen LogP contribution is -2.07. The van der Waals surface area contributed by atoms with E-state index >= 15 is 0 Å². The number of rotatable bonds is 3. The van der Waals surface area contributed by atoms with E-state index in [-0.39, 0.29) is 23.8 Å². The lowest BCUT2D eigenvalue weighted by Gasteiger charge is -2.14. The van der Waals surface area contributed by atoms with Crippen LogP contribution in [0.1, 0.15) is 28.8 Å². The Kier molecular flexibility index (Phi) is 3.08. The molecular weight excluding hydrogens is 224 g/mol. The third-order valence-corrected chi connectivity index (χ3v) is 2.49. The zero-order valence-corrected chi connectivity index (χ0v) is 9.16. The standard InChI is InChI=1S/C11H12N2O4/c1-6-9(15)8(7(5-14)4-13-6)10(16)11-12-2-3-17-11/h2-4,10,14-16H,5H2,1H3. The molecule has 90 valence electrons. The highest BCUT2D eigenvalue weighted by Gasteiger charge is 2.23. The average molecular weight is 236 g/mol. The van der Waals surface area contributed by atoms with Crippen LogP contribution in [0.4, 0.5) is 0 Å². The number of aliphatic hydroxyl groups excluding tert-OH is 2. The zero-order chi connectivity index (χ0) is 12.4. The van der Waals surface area contributed by atoms with E-state index in [1.807, 2.05) is 0 Å². The van der Waals surface area contributed by atoms with E-state index < -0.39 is 6.10 Å². The van der Waals surface area contributed by atoms with Gasteiger partial charge in [-0.15, -0.1) is 0 Å². The molecular formula is C11H12N2O4. The third-order valence-electron chi connectivity index (χ3n) is 2.49. The number of nitrogens with zero attached hydrogens (tertiary/aromatic N) is 2. The van der Waals surface area contributed by atoms with Gasteiger partial charge in [0, 0.05) is 17.3 Å². The Morgan fingerprint density at radius 2 is 2.18 bits per heavy atom. The van der Waals surface area contributed by atoms with Gasteiger partial charge in [0.2, 0.25) is 5.89 Å². The van der Waals surface area contributed by atoms with Crippen LogP contribution >= 0.6 is 0 Å². The van der Waals surface area contributed by atoms with Crippen LogP contribution in [-0.4, -0.2) is 25.3 Å². The molecule has 0 radical (unpaired) electrons. The maximum Gasteiger partial charge on any atom is 0.227 e. The summed E-state index contributed by atoms with van der Waals surface area (Å²) in [6, 6.07) is 0. The first-order chi connectivity index (χ1) is 8.15. The highest BCUT2D eigenvalue weighted by atomic mass is 16.4. The van der Waals surface area contributed by atoms with Crippen LogP contribution in [0.15, 0.2) is 23.1 Å². The molecule has 3 N–H and O–H groups in total. The Bertz CT molecular complexity index is 510. The monoisotopic (exact) mass is 236 g/mol. The van der Waals surface area contributed by atoms with Crippen molar-refractivity contribution in [1.29, 1.82) is 0 Å². The molecule has 2 heterocycles. The van der Waals surface area contributed by atoms with Crippen LogP contribution in [0.3, 0.4) is 0 Å². The summed E-state index contributed by atoms with van der Waals surface area (Å²) in [5, 5.41) is 29.1. The summed E-state index contributed by atoms with van der Waals surface area (Å²) in [7, 11) is 0. The fourth-order valence-corrected chi connectivity index (χ4v) is 1.58. The summed E-state index contributed by atoms with van der Waals surface area (Å²) >= 11 is 0. The van der Waals surface area contributed by atoms with Crippen molar-refractivity contribution in [2.24, 2.45) is 0 Å². The molecule has 2 rings (SSSR count). The molecule has 6 heteroatoms. The fourth-order valence-electron chi connectivity index (χ4n) is 1.58. The molecule has 0 fully saturated rings. The summed E-state index contributed by atoms with van der Waals surface area (Å²) < 4.78 is 4.97. The van der Waals surface area contributed by atoms with Crippen LogP contribution < -0.4 is 0 Å². The van der Waals surface area contributed by atoms with Crippen LogP contribution in [0.25, 0.3) is 0 Å². The van der Waals surface area contributed by atoms with E-state index in [1.54, 1.807) is 6.92 Å². The minimum Gasteiger partial charge on any atom is -0.506 e. The Morgan fingerprint density at radius 1 is 1.41 bits per heavy atom. The van der Waals surface area contributed by atoms with E-state index in [0.29, 0.717) is 11.3 Å². The van der Waals surface area contributed by atoms with Gasteiger partial charge in [-0.2, -0.15) is 0 Å². The maximum atomic E-state index is 10.0. The van der Waals surface area contributed by atoms with Crippen molar-refractivity contribution >= 4 is 0 Å². The van der Waals surface area contributed by atoms with Gasteiger partial charge in [0.1, 0.15) is 12.0 Å². The molecule has 1 unspecified atom stereocenters. The molecule has 0 saturated heterocycles. The average Bonchev–Trinajstić information content (AvgIpc) is 2.85. The van der Waals surface area contributed by atoms with E-state index in [9.17, 15) is 10.2 Å². The molecule has 1 atom stereocenters. The number of aryl methyl sites for hydroxylation is 1. The van der Waals surface area contributed by atoms with Crippen molar-refractivity contribution in [3.05, 3.63) is 41.4 Å². The highest BCUT2D eigenvalue weighted by Crippen LogP contribution is 2.32. The minimum absolute atomic E-state index is 0.0561. The van der Waals surface area contributed by atoms with Crippen molar-refractivity contribution in [2.75, 3.05) is 0 Å². The van der Waals surface area contributed by atoms with E-state index in [0.717, 1.165) is 0 Å². The first-order valence-corrected chi connectivity index (χ1v) is 5.00. The topological polar surface area (TPSA) is 99.6 Å². The quantitative estimate of drug-likeness (QED) is 0.723. The van der Waals surface area contributed by atoms with Gasteiger partial charge in [0.15, 0.2) is 6.10 Å². The van der Waals surface area contributed by atoms with E-state index in [2.05, 4.69) is 9.97 Å². The third kappa shape index (κ3) is 2.00. The normalized spacial score (nSPS) is 12.6. The molecule has 0 aliphatic heterocycles. The zero-order valence-electron chi connectivity index (χ0n) is 9.16. The van der Waals surface area contributed by atoms with Crippen molar-refractivity contribution in [2.45, 2.75) is 19.6 Å². The molecule has 0 amide bonds. The van der Waals surface area contributed by atoms with Crippen LogP contribution in [0, 0.1) is 6.92 Å². The summed E-state index contributed by atoms with van der Waals surface area (Å²) in [4.78, 5) is 7.71. The molecule has 0 aliphatic rings. The molecule has 2 aromatic rings. The Balaban J connectivity index is 2.53. The van der Waals surface area contributed by atoms with Gasteiger partial charge in [-0.3, -0.25) is 4.98 Å². The molecule has 2 aromatic heterocycles. The smallest absolute Gasteiger partial charge is 0.227 e. The molecule has 0 aliphatic carbocycles. The largest absolute Gasteiger partial charge is 0.506 e. The number of aromatic nitrogens is 2. The minimum atomic E-state index is -1.23. The molecule has 0 spiro atoms. The molecule has 17 heavy (non-hydrogen) atoms. The predicted molar refractivity (Wildman–Crippen MR) is 57.1 cm³/mol. The number of pyridine rings is 1. The second kappa shape index (κ2) is 4.52. The molecule has 6 nitrogen and oxygen atoms in total. The number of oxazole rings is 1. The van der Waals surface area contributed by atoms with Gasteiger partial charge in [-0.1, -0.05) is 0 Å². The van der Waals surface area contributed by atoms with Gasteiger partial charge in [0.05, 0.1) is 18.5 Å². The van der Waals surface area contributed by atoms with Gasteiger partial charge in [0.25, 0.3) is 0 Å². The fraction of sp³-hybridized carbons (Fsp3) is 0.273. The predicted octanol–water partition coefficient (Wildman–Crippen LogP) is 0.658. The summed E-state index contributed by atoms with van der Waals surface area (Å²) in [6.45, 7) is 1.26. The van der Waals surface area contributed by atoms with E-state index in [1.165, 1.54) is 18.7 Å². The van der Waals surface area contributed by atoms with Crippen molar-refractivity contribution in [1.82, 2.24) is 9.97 Å².